The van der Waals surface area contributed by atoms with Crippen molar-refractivity contribution in [2.24, 2.45) is 11.8 Å². The molecule has 1 saturated heterocycles. The lowest BCUT2D eigenvalue weighted by atomic mass is 9.86. The van der Waals surface area contributed by atoms with Crippen molar-refractivity contribution in [2.45, 2.75) is 51.1 Å². The Morgan fingerprint density at radius 2 is 1.92 bits per heavy atom. The molecular formula is C20H28N2O3. The van der Waals surface area contributed by atoms with Gasteiger partial charge in [-0.2, -0.15) is 0 Å². The van der Waals surface area contributed by atoms with Gasteiger partial charge in [0.25, 0.3) is 0 Å². The molecule has 0 radical (unpaired) electrons. The molecule has 2 atom stereocenters. The first kappa shape index (κ1) is 17.9. The van der Waals surface area contributed by atoms with Crippen molar-refractivity contribution < 1.29 is 14.7 Å². The highest BCUT2D eigenvalue weighted by Gasteiger charge is 2.37. The molecule has 1 aliphatic carbocycles. The number of nitrogens with one attached hydrogen (secondary N) is 1. The van der Waals surface area contributed by atoms with Crippen LogP contribution < -0.4 is 5.32 Å². The summed E-state index contributed by atoms with van der Waals surface area (Å²) < 4.78 is 0. The van der Waals surface area contributed by atoms with Crippen molar-refractivity contribution >= 4 is 11.8 Å². The zero-order valence-electron chi connectivity index (χ0n) is 14.9. The minimum absolute atomic E-state index is 0.00330. The van der Waals surface area contributed by atoms with Crippen molar-refractivity contribution in [3.8, 4) is 0 Å². The summed E-state index contributed by atoms with van der Waals surface area (Å²) in [7, 11) is 0. The molecule has 1 heterocycles. The Morgan fingerprint density at radius 3 is 2.56 bits per heavy atom. The maximum Gasteiger partial charge on any atom is 0.225 e. The second-order valence-corrected chi connectivity index (χ2v) is 7.44. The fourth-order valence-corrected chi connectivity index (χ4v) is 4.00. The first-order valence-electron chi connectivity index (χ1n) is 9.34. The largest absolute Gasteiger partial charge is 0.396 e. The van der Waals surface area contributed by atoms with Crippen LogP contribution in [0.1, 0.15) is 50.6 Å². The fourth-order valence-electron chi connectivity index (χ4n) is 4.00. The van der Waals surface area contributed by atoms with Crippen molar-refractivity contribution in [3.05, 3.63) is 35.9 Å². The van der Waals surface area contributed by atoms with Gasteiger partial charge in [0.1, 0.15) is 0 Å². The van der Waals surface area contributed by atoms with Gasteiger partial charge in [0.2, 0.25) is 11.8 Å². The highest BCUT2D eigenvalue weighted by atomic mass is 16.3. The fraction of sp³-hybridized carbons (Fsp3) is 0.600. The second kappa shape index (κ2) is 8.00. The lowest BCUT2D eigenvalue weighted by Crippen LogP contribution is -2.42. The molecule has 2 amide bonds. The number of aliphatic hydroxyl groups excluding tert-OH is 1. The van der Waals surface area contributed by atoms with E-state index in [1.165, 1.54) is 0 Å². The van der Waals surface area contributed by atoms with Crippen LogP contribution in [0.25, 0.3) is 0 Å². The molecule has 0 bridgehead atoms. The molecule has 1 aliphatic heterocycles. The van der Waals surface area contributed by atoms with Gasteiger partial charge in [0.05, 0.1) is 12.0 Å². The molecule has 1 aromatic rings. The van der Waals surface area contributed by atoms with Crippen LogP contribution in [0.15, 0.2) is 30.3 Å². The van der Waals surface area contributed by atoms with Crippen LogP contribution in [0.4, 0.5) is 0 Å². The zero-order chi connectivity index (χ0) is 17.8. The normalized spacial score (nSPS) is 28.0. The van der Waals surface area contributed by atoms with E-state index in [0.29, 0.717) is 18.9 Å². The monoisotopic (exact) mass is 344 g/mol. The molecule has 0 spiro atoms. The summed E-state index contributed by atoms with van der Waals surface area (Å²) in [6, 6.07) is 10.1. The van der Waals surface area contributed by atoms with E-state index in [4.69, 9.17) is 0 Å². The van der Waals surface area contributed by atoms with Crippen LogP contribution >= 0.6 is 0 Å². The van der Waals surface area contributed by atoms with Gasteiger partial charge in [-0.25, -0.2) is 0 Å². The van der Waals surface area contributed by atoms with Gasteiger partial charge in [-0.1, -0.05) is 30.3 Å². The van der Waals surface area contributed by atoms with Crippen LogP contribution in [0.2, 0.25) is 0 Å². The minimum atomic E-state index is -0.255. The van der Waals surface area contributed by atoms with Crippen molar-refractivity contribution in [2.75, 3.05) is 13.2 Å². The molecule has 0 aromatic heterocycles. The summed E-state index contributed by atoms with van der Waals surface area (Å²) in [5.41, 5.74) is 1.10. The number of aliphatic hydroxyl groups is 1. The van der Waals surface area contributed by atoms with E-state index in [0.717, 1.165) is 31.2 Å². The van der Waals surface area contributed by atoms with Crippen LogP contribution in [0.3, 0.4) is 0 Å². The third-order valence-corrected chi connectivity index (χ3v) is 5.73. The molecule has 2 fully saturated rings. The van der Waals surface area contributed by atoms with Gasteiger partial charge in [-0.15, -0.1) is 0 Å². The average molecular weight is 344 g/mol. The van der Waals surface area contributed by atoms with Crippen LogP contribution in [0.5, 0.6) is 0 Å². The summed E-state index contributed by atoms with van der Waals surface area (Å²) in [5.74, 6) is 0.182. The van der Waals surface area contributed by atoms with Crippen molar-refractivity contribution in [1.29, 1.82) is 0 Å². The highest BCUT2D eigenvalue weighted by Crippen LogP contribution is 2.29. The SMILES string of the molecule is CC(c1ccccc1)N1CC(C(=O)NC2CCC(CO)CC2)CC1=O. The maximum absolute atomic E-state index is 12.6. The van der Waals surface area contributed by atoms with Crippen LogP contribution in [-0.4, -0.2) is 41.0 Å². The predicted octanol–water partition coefficient (Wildman–Crippen LogP) is 2.26. The number of rotatable bonds is 5. The summed E-state index contributed by atoms with van der Waals surface area (Å²) in [6.07, 6.45) is 4.06. The number of amides is 2. The lowest BCUT2D eigenvalue weighted by Gasteiger charge is -2.29. The maximum atomic E-state index is 12.6. The van der Waals surface area contributed by atoms with E-state index in [1.807, 2.05) is 42.2 Å². The standard InChI is InChI=1S/C20H28N2O3/c1-14(16-5-3-2-4-6-16)22-12-17(11-19(22)24)20(25)21-18-9-7-15(13-23)8-10-18/h2-6,14-15,17-18,23H,7-13H2,1H3,(H,21,25). The van der Waals surface area contributed by atoms with E-state index in [2.05, 4.69) is 5.32 Å². The van der Waals surface area contributed by atoms with Crippen LogP contribution in [-0.2, 0) is 9.59 Å². The average Bonchev–Trinajstić information content (AvgIpc) is 3.04. The smallest absolute Gasteiger partial charge is 0.225 e. The number of benzene rings is 1. The molecule has 2 N–H and O–H groups in total. The first-order valence-corrected chi connectivity index (χ1v) is 9.34. The van der Waals surface area contributed by atoms with Crippen LogP contribution in [0, 0.1) is 11.8 Å². The summed E-state index contributed by atoms with van der Waals surface area (Å²) in [4.78, 5) is 26.8. The highest BCUT2D eigenvalue weighted by molar-refractivity contribution is 5.89. The third kappa shape index (κ3) is 4.21. The second-order valence-electron chi connectivity index (χ2n) is 7.44. The van der Waals surface area contributed by atoms with E-state index >= 15 is 0 Å². The molecule has 2 unspecified atom stereocenters. The Bertz CT molecular complexity index is 596. The summed E-state index contributed by atoms with van der Waals surface area (Å²) in [5, 5.41) is 12.3. The number of carbonyl (C=O) groups is 2. The zero-order valence-corrected chi connectivity index (χ0v) is 14.9. The lowest BCUT2D eigenvalue weighted by molar-refractivity contribution is -0.130. The molecule has 3 rings (SSSR count). The number of hydrogen-bond acceptors (Lipinski definition) is 3. The van der Waals surface area contributed by atoms with Gasteiger partial charge < -0.3 is 15.3 Å². The van der Waals surface area contributed by atoms with E-state index in [9.17, 15) is 14.7 Å². The number of nitrogens with zero attached hydrogens (tertiary/aromatic N) is 1. The Hall–Kier alpha value is -1.88. The molecule has 5 heteroatoms. The third-order valence-electron chi connectivity index (χ3n) is 5.73. The molecule has 1 aromatic carbocycles. The van der Waals surface area contributed by atoms with E-state index < -0.39 is 0 Å². The topological polar surface area (TPSA) is 69.6 Å². The number of hydrogen-bond donors (Lipinski definition) is 2. The minimum Gasteiger partial charge on any atom is -0.396 e. The molecular weight excluding hydrogens is 316 g/mol. The molecule has 136 valence electrons. The Balaban J connectivity index is 1.54. The molecule has 5 nitrogen and oxygen atoms in total. The number of likely N-dealkylation sites (tertiary alicyclic amines) is 1. The van der Waals surface area contributed by atoms with Gasteiger partial charge in [-0.3, -0.25) is 9.59 Å². The first-order chi connectivity index (χ1) is 12.1. The predicted molar refractivity (Wildman–Crippen MR) is 95.7 cm³/mol. The molecule has 2 aliphatic rings. The van der Waals surface area contributed by atoms with Crippen molar-refractivity contribution in [1.82, 2.24) is 10.2 Å². The summed E-state index contributed by atoms with van der Waals surface area (Å²) >= 11 is 0. The Morgan fingerprint density at radius 1 is 1.24 bits per heavy atom. The molecule has 25 heavy (non-hydrogen) atoms. The Kier molecular flexibility index (Phi) is 5.74. The Labute approximate surface area is 149 Å². The van der Waals surface area contributed by atoms with E-state index in [-0.39, 0.29) is 36.4 Å². The summed E-state index contributed by atoms with van der Waals surface area (Å²) in [6.45, 7) is 2.75. The van der Waals surface area contributed by atoms with Gasteiger partial charge >= 0.3 is 0 Å². The van der Waals surface area contributed by atoms with Gasteiger partial charge in [0, 0.05) is 25.6 Å². The quantitative estimate of drug-likeness (QED) is 0.861. The van der Waals surface area contributed by atoms with Crippen molar-refractivity contribution in [3.63, 3.8) is 0 Å². The van der Waals surface area contributed by atoms with E-state index in [1.54, 1.807) is 0 Å². The van der Waals surface area contributed by atoms with Gasteiger partial charge in [-0.05, 0) is 44.1 Å². The van der Waals surface area contributed by atoms with Gasteiger partial charge in [0.15, 0.2) is 0 Å². The molecule has 1 saturated carbocycles. The number of carbonyl (C=O) groups excluding carboxylic acids is 2.